The molecule has 4 N–H and O–H groups in total. The number of hydrogen-bond acceptors (Lipinski definition) is 7. The summed E-state index contributed by atoms with van der Waals surface area (Å²) < 4.78 is 73.9. The van der Waals surface area contributed by atoms with E-state index < -0.39 is 53.7 Å². The molecule has 0 radical (unpaired) electrons. The zero-order valence-corrected chi connectivity index (χ0v) is 24.0. The van der Waals surface area contributed by atoms with Crippen LogP contribution in [-0.2, 0) is 15.8 Å². The third kappa shape index (κ3) is 6.47. The number of nitrogens with one attached hydrogen (secondary N) is 1. The van der Waals surface area contributed by atoms with Gasteiger partial charge >= 0.3 is 6.18 Å². The zero-order valence-electron chi connectivity index (χ0n) is 23.3. The van der Waals surface area contributed by atoms with Crippen LogP contribution < -0.4 is 25.3 Å². The van der Waals surface area contributed by atoms with E-state index in [1.807, 2.05) is 0 Å². The Morgan fingerprint density at radius 3 is 2.51 bits per heavy atom. The smallest absolute Gasteiger partial charge is 0.424 e. The molecule has 1 unspecified atom stereocenters. The molecule has 0 bridgehead atoms. The molecule has 0 saturated carbocycles. The average molecular weight is 626 g/mol. The van der Waals surface area contributed by atoms with Crippen LogP contribution in [-0.4, -0.2) is 54.9 Å². The summed E-state index contributed by atoms with van der Waals surface area (Å²) in [4.78, 5) is 28.1. The maximum absolute atomic E-state index is 14.6. The van der Waals surface area contributed by atoms with E-state index in [1.54, 1.807) is 13.8 Å². The van der Waals surface area contributed by atoms with Crippen LogP contribution in [0.5, 0.6) is 17.2 Å². The van der Waals surface area contributed by atoms with Crippen molar-refractivity contribution in [1.29, 1.82) is 0 Å². The maximum atomic E-state index is 14.6. The number of aromatic nitrogens is 1. The summed E-state index contributed by atoms with van der Waals surface area (Å²) in [5, 5.41) is 13.0. The lowest BCUT2D eigenvalue weighted by atomic mass is 9.78. The minimum atomic E-state index is -5.30. The van der Waals surface area contributed by atoms with Crippen LogP contribution in [0.4, 0.5) is 17.6 Å². The number of amides is 2. The Morgan fingerprint density at radius 2 is 1.88 bits per heavy atom. The molecule has 43 heavy (non-hydrogen) atoms. The van der Waals surface area contributed by atoms with Gasteiger partial charge in [0.05, 0.1) is 31.0 Å². The fourth-order valence-electron chi connectivity index (χ4n) is 4.50. The van der Waals surface area contributed by atoms with Crippen LogP contribution >= 0.6 is 11.6 Å². The lowest BCUT2D eigenvalue weighted by molar-refractivity contribution is -0.265. The highest BCUT2D eigenvalue weighted by Crippen LogP contribution is 2.47. The first-order valence-corrected chi connectivity index (χ1v) is 13.3. The van der Waals surface area contributed by atoms with Crippen LogP contribution in [0.1, 0.15) is 41.9 Å². The molecule has 0 aliphatic carbocycles. The number of benzene rings is 2. The van der Waals surface area contributed by atoms with E-state index in [-0.39, 0.29) is 45.7 Å². The fraction of sp³-hybridized carbons (Fsp3) is 0.345. The molecule has 0 fully saturated rings. The van der Waals surface area contributed by atoms with Gasteiger partial charge in [-0.2, -0.15) is 13.2 Å². The number of nitrogens with two attached hydrogens (primary N) is 1. The molecule has 3 aromatic rings. The summed E-state index contributed by atoms with van der Waals surface area (Å²) in [7, 11) is 1.26. The van der Waals surface area contributed by atoms with Gasteiger partial charge in [0.1, 0.15) is 17.3 Å². The lowest BCUT2D eigenvalue weighted by Gasteiger charge is -2.36. The number of nitrogens with zero attached hydrogens (tertiary/aromatic N) is 1. The summed E-state index contributed by atoms with van der Waals surface area (Å²) >= 11 is 5.95. The molecule has 14 heteroatoms. The number of fused-ring (bicyclic) bond motifs is 1. The third-order valence-corrected chi connectivity index (χ3v) is 7.35. The Labute approximate surface area is 248 Å². The predicted octanol–water partition coefficient (Wildman–Crippen LogP) is 4.65. The highest BCUT2D eigenvalue weighted by Gasteiger charge is 2.57. The normalized spacial score (nSPS) is 15.5. The number of carbonyl (C=O) groups is 2. The predicted molar refractivity (Wildman–Crippen MR) is 148 cm³/mol. The van der Waals surface area contributed by atoms with E-state index in [4.69, 9.17) is 31.5 Å². The summed E-state index contributed by atoms with van der Waals surface area (Å²) in [5.41, 5.74) is 0.224. The monoisotopic (exact) mass is 625 g/mol. The molecular formula is C29H28ClF4N3O6. The number of primary amides is 1. The molecular weight excluding hydrogens is 598 g/mol. The summed E-state index contributed by atoms with van der Waals surface area (Å²) in [6, 6.07) is 8.33. The van der Waals surface area contributed by atoms with Gasteiger partial charge in [0.25, 0.3) is 11.8 Å². The van der Waals surface area contributed by atoms with E-state index in [0.29, 0.717) is 12.0 Å². The number of rotatable bonds is 9. The Bertz CT molecular complexity index is 1570. The molecule has 1 atom stereocenters. The first-order valence-electron chi connectivity index (χ1n) is 12.9. The number of ether oxygens (including phenoxy) is 3. The van der Waals surface area contributed by atoms with Crippen molar-refractivity contribution in [2.24, 2.45) is 5.73 Å². The molecule has 4 rings (SSSR count). The molecule has 2 heterocycles. The van der Waals surface area contributed by atoms with Crippen LogP contribution in [0.2, 0.25) is 5.02 Å². The largest absolute Gasteiger partial charge is 0.493 e. The Hall–Kier alpha value is -4.10. The molecule has 9 nitrogen and oxygen atoms in total. The van der Waals surface area contributed by atoms with Crippen LogP contribution in [0, 0.1) is 5.82 Å². The Balaban J connectivity index is 1.74. The van der Waals surface area contributed by atoms with Gasteiger partial charge in [-0.3, -0.25) is 9.59 Å². The lowest BCUT2D eigenvalue weighted by Crippen LogP contribution is -2.51. The van der Waals surface area contributed by atoms with Crippen molar-refractivity contribution in [2.45, 2.75) is 37.5 Å². The molecule has 2 amide bonds. The zero-order chi connectivity index (χ0) is 31.7. The number of pyridine rings is 1. The second kappa shape index (κ2) is 11.9. The van der Waals surface area contributed by atoms with Gasteiger partial charge in [-0.25, -0.2) is 9.37 Å². The van der Waals surface area contributed by atoms with Crippen molar-refractivity contribution in [3.63, 3.8) is 0 Å². The second-order valence-electron chi connectivity index (χ2n) is 10.5. The summed E-state index contributed by atoms with van der Waals surface area (Å²) in [5.74, 6) is -2.21. The molecule has 1 aliphatic heterocycles. The van der Waals surface area contributed by atoms with Crippen molar-refractivity contribution in [3.8, 4) is 28.5 Å². The van der Waals surface area contributed by atoms with Crippen molar-refractivity contribution < 1.29 is 46.5 Å². The first-order chi connectivity index (χ1) is 20.1. The van der Waals surface area contributed by atoms with Crippen LogP contribution in [0.3, 0.4) is 0 Å². The standard InChI is InChI=1S/C29H28ClF4N3O6/c1-27(2)8-9-42-25-17(27)12-22(37-24(25)15-4-6-19(31)18(30)10-15)28(40,29(32,33)34)14-36-26(39)16-5-7-20(21(11-16)41-3)43-13-23(35)38/h4-7,10-12,40H,8-9,13-14H2,1-3H3,(H2,35,38)(H,36,39). The van der Waals surface area contributed by atoms with E-state index in [9.17, 15) is 32.3 Å². The quantitative estimate of drug-likeness (QED) is 0.295. The number of halogens is 5. The molecule has 0 spiro atoms. The van der Waals surface area contributed by atoms with Gasteiger partial charge in [0.2, 0.25) is 5.60 Å². The van der Waals surface area contributed by atoms with Gasteiger partial charge in [-0.05, 0) is 54.3 Å². The van der Waals surface area contributed by atoms with Gasteiger partial charge in [0.15, 0.2) is 18.1 Å². The number of aliphatic hydroxyl groups is 1. The Morgan fingerprint density at radius 1 is 1.16 bits per heavy atom. The number of hydrogen-bond donors (Lipinski definition) is 3. The van der Waals surface area contributed by atoms with Crippen LogP contribution in [0.15, 0.2) is 42.5 Å². The molecule has 1 aromatic heterocycles. The van der Waals surface area contributed by atoms with Gasteiger partial charge < -0.3 is 30.4 Å². The highest BCUT2D eigenvalue weighted by atomic mass is 35.5. The van der Waals surface area contributed by atoms with Gasteiger partial charge in [-0.15, -0.1) is 0 Å². The second-order valence-corrected chi connectivity index (χ2v) is 10.9. The summed E-state index contributed by atoms with van der Waals surface area (Å²) in [6.07, 6.45) is -4.85. The minimum Gasteiger partial charge on any atom is -0.493 e. The third-order valence-electron chi connectivity index (χ3n) is 7.06. The number of carbonyl (C=O) groups excluding carboxylic acids is 2. The first kappa shape index (κ1) is 31.8. The van der Waals surface area contributed by atoms with Crippen molar-refractivity contribution in [1.82, 2.24) is 10.3 Å². The maximum Gasteiger partial charge on any atom is 0.424 e. The SMILES string of the molecule is COc1cc(C(=O)NCC(O)(c2cc3c(c(-c4ccc(F)c(Cl)c4)n2)OCCC3(C)C)C(F)(F)F)ccc1OCC(N)=O. The van der Waals surface area contributed by atoms with Crippen molar-refractivity contribution in [3.05, 3.63) is 70.1 Å². The molecule has 230 valence electrons. The van der Waals surface area contributed by atoms with Crippen LogP contribution in [0.25, 0.3) is 11.3 Å². The number of alkyl halides is 3. The summed E-state index contributed by atoms with van der Waals surface area (Å²) in [6.45, 7) is 2.07. The van der Waals surface area contributed by atoms with E-state index >= 15 is 0 Å². The van der Waals surface area contributed by atoms with E-state index in [2.05, 4.69) is 10.3 Å². The molecule has 2 aromatic carbocycles. The van der Waals surface area contributed by atoms with E-state index in [1.165, 1.54) is 37.4 Å². The molecule has 0 saturated heterocycles. The Kier molecular flexibility index (Phi) is 8.80. The van der Waals surface area contributed by atoms with Gasteiger partial charge in [0, 0.05) is 16.7 Å². The van der Waals surface area contributed by atoms with Crippen molar-refractivity contribution >= 4 is 23.4 Å². The highest BCUT2D eigenvalue weighted by molar-refractivity contribution is 6.31. The van der Waals surface area contributed by atoms with Gasteiger partial charge in [-0.1, -0.05) is 25.4 Å². The molecule has 1 aliphatic rings. The number of methoxy groups -OCH3 is 1. The van der Waals surface area contributed by atoms with Crippen molar-refractivity contribution in [2.75, 3.05) is 26.9 Å². The minimum absolute atomic E-state index is 0.0150. The fourth-order valence-corrected chi connectivity index (χ4v) is 4.68. The average Bonchev–Trinajstić information content (AvgIpc) is 2.94. The topological polar surface area (TPSA) is 133 Å². The van der Waals surface area contributed by atoms with E-state index in [0.717, 1.165) is 12.1 Å².